The van der Waals surface area contributed by atoms with Crippen LogP contribution in [0.25, 0.3) is 0 Å². The summed E-state index contributed by atoms with van der Waals surface area (Å²) in [4.78, 5) is 72.0. The summed E-state index contributed by atoms with van der Waals surface area (Å²) >= 11 is 6.44. The van der Waals surface area contributed by atoms with Crippen LogP contribution in [0.5, 0.6) is 0 Å². The second-order valence-corrected chi connectivity index (χ2v) is 9.12. The summed E-state index contributed by atoms with van der Waals surface area (Å²) in [6.45, 7) is 4.69. The molecule has 202 valence electrons. The van der Waals surface area contributed by atoms with Crippen molar-refractivity contribution in [3.63, 3.8) is 0 Å². The molecule has 0 saturated carbocycles. The van der Waals surface area contributed by atoms with Gasteiger partial charge in [-0.05, 0) is 28.1 Å². The smallest absolute Gasteiger partial charge is 0.303 e. The van der Waals surface area contributed by atoms with E-state index in [9.17, 15) is 28.8 Å². The van der Waals surface area contributed by atoms with Gasteiger partial charge in [-0.25, -0.2) is 0 Å². The van der Waals surface area contributed by atoms with Crippen molar-refractivity contribution in [2.45, 2.75) is 52.9 Å². The molecule has 0 fully saturated rings. The van der Waals surface area contributed by atoms with Crippen LogP contribution < -0.4 is 5.73 Å². The Morgan fingerprint density at radius 2 is 1.49 bits per heavy atom. The monoisotopic (exact) mass is 649 g/mol. The number of esters is 4. The fourth-order valence-corrected chi connectivity index (χ4v) is 4.04. The zero-order chi connectivity index (χ0) is 28.4. The number of hydrazone groups is 1. The molecule has 0 aliphatic carbocycles. The van der Waals surface area contributed by atoms with Crippen LogP contribution in [-0.2, 0) is 42.9 Å². The van der Waals surface area contributed by atoms with Crippen LogP contribution in [0.15, 0.2) is 26.2 Å². The number of nitrogens with two attached hydrogens (primary N) is 1. The summed E-state index contributed by atoms with van der Waals surface area (Å²) in [5.74, 6) is -5.07. The van der Waals surface area contributed by atoms with E-state index < -0.39 is 60.6 Å². The van der Waals surface area contributed by atoms with E-state index in [0.717, 1.165) is 40.8 Å². The number of carbonyl (C=O) groups is 6. The maximum absolute atomic E-state index is 13.1. The number of nitrogens with zero attached hydrogens (tertiary/aromatic N) is 2. The Bertz CT molecular complexity index is 1110. The van der Waals surface area contributed by atoms with Crippen molar-refractivity contribution in [3.05, 3.63) is 26.6 Å². The molecular weight excluding hydrogens is 626 g/mol. The highest BCUT2D eigenvalue weighted by Gasteiger charge is 2.37. The van der Waals surface area contributed by atoms with Gasteiger partial charge in [-0.15, -0.1) is 0 Å². The fourth-order valence-electron chi connectivity index (χ4n) is 2.81. The average molecular weight is 651 g/mol. The normalized spacial score (nSPS) is 13.2. The highest BCUT2D eigenvalue weighted by Crippen LogP contribution is 2.29. The molecule has 1 aromatic rings. The van der Waals surface area contributed by atoms with E-state index in [1.807, 2.05) is 0 Å². The first-order valence-electron chi connectivity index (χ1n) is 10.4. The third-order valence-electron chi connectivity index (χ3n) is 4.21. The molecule has 0 bridgehead atoms. The topological polar surface area (TPSA) is 181 Å². The third-order valence-corrected chi connectivity index (χ3v) is 5.32. The highest BCUT2D eigenvalue weighted by atomic mass is 79.9. The molecule has 13 nitrogen and oxygen atoms in total. The van der Waals surface area contributed by atoms with Gasteiger partial charge in [0.15, 0.2) is 18.3 Å². The van der Waals surface area contributed by atoms with Crippen molar-refractivity contribution >= 4 is 79.5 Å². The number of halogens is 2. The summed E-state index contributed by atoms with van der Waals surface area (Å²) in [5.41, 5.74) is 5.91. The number of benzene rings is 1. The number of hydrogen-bond acceptors (Lipinski definition) is 12. The molecule has 1 rings (SSSR count). The van der Waals surface area contributed by atoms with Crippen molar-refractivity contribution in [1.82, 2.24) is 5.01 Å². The standard InChI is InChI=1S/C22H25Br2N3O10/c1-10(28)27(22(33)16-6-15(23)7-17(24)20(16)25)26-8-18(35-12(3)30)21(37-14(5)32)19(36-13(4)31)9-34-11(2)29/h6-8,18-19,21H,9,25H2,1-5H3/b26-8+/t18-,19+,21-/m0/s1. The summed E-state index contributed by atoms with van der Waals surface area (Å²) < 4.78 is 21.2. The van der Waals surface area contributed by atoms with E-state index in [1.54, 1.807) is 6.07 Å². The zero-order valence-electron chi connectivity index (χ0n) is 20.5. The lowest BCUT2D eigenvalue weighted by molar-refractivity contribution is -0.183. The summed E-state index contributed by atoms with van der Waals surface area (Å²) in [7, 11) is 0. The van der Waals surface area contributed by atoms with Gasteiger partial charge in [0.25, 0.3) is 5.91 Å². The number of anilines is 1. The highest BCUT2D eigenvalue weighted by molar-refractivity contribution is 9.11. The van der Waals surface area contributed by atoms with Crippen LogP contribution in [0.3, 0.4) is 0 Å². The maximum Gasteiger partial charge on any atom is 0.303 e. The van der Waals surface area contributed by atoms with Crippen molar-refractivity contribution < 1.29 is 47.7 Å². The first-order chi connectivity index (χ1) is 17.1. The Morgan fingerprint density at radius 1 is 0.919 bits per heavy atom. The van der Waals surface area contributed by atoms with Gasteiger partial charge in [-0.3, -0.25) is 28.8 Å². The predicted molar refractivity (Wildman–Crippen MR) is 135 cm³/mol. The van der Waals surface area contributed by atoms with Gasteiger partial charge in [0.2, 0.25) is 5.91 Å². The second-order valence-electron chi connectivity index (χ2n) is 7.35. The molecule has 0 aliphatic heterocycles. The number of ether oxygens (including phenoxy) is 4. The lowest BCUT2D eigenvalue weighted by Gasteiger charge is -2.30. The third kappa shape index (κ3) is 10.3. The average Bonchev–Trinajstić information content (AvgIpc) is 2.75. The molecule has 0 aromatic heterocycles. The van der Waals surface area contributed by atoms with Crippen LogP contribution in [0, 0.1) is 0 Å². The lowest BCUT2D eigenvalue weighted by Crippen LogP contribution is -2.48. The lowest BCUT2D eigenvalue weighted by atomic mass is 10.1. The molecular formula is C22H25Br2N3O10. The van der Waals surface area contributed by atoms with Crippen molar-refractivity contribution in [3.8, 4) is 0 Å². The Hall–Kier alpha value is -3.33. The SMILES string of the molecule is CC(=O)OC[C@@H](OC(C)=O)[C@@H](OC(C)=O)[C@H](/C=N/N(C(C)=O)C(=O)c1cc(Br)cc(Br)c1N)OC(C)=O. The molecule has 0 saturated heterocycles. The van der Waals surface area contributed by atoms with Crippen molar-refractivity contribution in [2.75, 3.05) is 12.3 Å². The maximum atomic E-state index is 13.1. The molecule has 2 N–H and O–H groups in total. The van der Waals surface area contributed by atoms with E-state index in [2.05, 4.69) is 37.0 Å². The number of hydrogen-bond donors (Lipinski definition) is 1. The van der Waals surface area contributed by atoms with E-state index in [4.69, 9.17) is 24.7 Å². The van der Waals surface area contributed by atoms with Gasteiger partial charge in [0.1, 0.15) is 6.61 Å². The van der Waals surface area contributed by atoms with Crippen LogP contribution in [0.1, 0.15) is 45.0 Å². The van der Waals surface area contributed by atoms with Crippen LogP contribution in [-0.4, -0.2) is 71.8 Å². The molecule has 0 unspecified atom stereocenters. The minimum atomic E-state index is -1.59. The molecule has 15 heteroatoms. The Balaban J connectivity index is 3.53. The molecule has 1 aromatic carbocycles. The molecule has 0 radical (unpaired) electrons. The predicted octanol–water partition coefficient (Wildman–Crippen LogP) is 2.13. The molecule has 37 heavy (non-hydrogen) atoms. The number of nitrogen functional groups attached to an aromatic ring is 1. The Morgan fingerprint density at radius 3 is 1.97 bits per heavy atom. The molecule has 2 amide bonds. The number of amides is 2. The summed E-state index contributed by atoms with van der Waals surface area (Å²) in [5, 5.41) is 4.29. The molecule has 3 atom stereocenters. The van der Waals surface area contributed by atoms with Crippen molar-refractivity contribution in [1.29, 1.82) is 0 Å². The van der Waals surface area contributed by atoms with Gasteiger partial charge >= 0.3 is 23.9 Å². The largest absolute Gasteiger partial charge is 0.462 e. The van der Waals surface area contributed by atoms with E-state index in [0.29, 0.717) is 14.0 Å². The Kier molecular flexibility index (Phi) is 12.4. The first-order valence-corrected chi connectivity index (χ1v) is 12.0. The zero-order valence-corrected chi connectivity index (χ0v) is 23.7. The van der Waals surface area contributed by atoms with Gasteiger partial charge < -0.3 is 24.7 Å². The van der Waals surface area contributed by atoms with Crippen LogP contribution >= 0.6 is 31.9 Å². The summed E-state index contributed by atoms with van der Waals surface area (Å²) in [6.07, 6.45) is -3.79. The van der Waals surface area contributed by atoms with E-state index in [-0.39, 0.29) is 11.3 Å². The molecule has 0 heterocycles. The quantitative estimate of drug-likeness (QED) is 0.129. The van der Waals surface area contributed by atoms with Crippen LogP contribution in [0.2, 0.25) is 0 Å². The van der Waals surface area contributed by atoms with Crippen LogP contribution in [0.4, 0.5) is 5.69 Å². The van der Waals surface area contributed by atoms with E-state index in [1.165, 1.54) is 6.07 Å². The van der Waals surface area contributed by atoms with Crippen molar-refractivity contribution in [2.24, 2.45) is 5.10 Å². The fraction of sp³-hybridized carbons (Fsp3) is 0.409. The van der Waals surface area contributed by atoms with Gasteiger partial charge in [0, 0.05) is 43.6 Å². The number of carbonyl (C=O) groups excluding carboxylic acids is 6. The minimum absolute atomic E-state index is 0.0280. The van der Waals surface area contributed by atoms with Gasteiger partial charge in [-0.2, -0.15) is 10.1 Å². The first kappa shape index (κ1) is 31.7. The van der Waals surface area contributed by atoms with E-state index >= 15 is 0 Å². The number of imide groups is 1. The second kappa shape index (κ2) is 14.4. The Labute approximate surface area is 228 Å². The van der Waals surface area contributed by atoms with Gasteiger partial charge in [0.05, 0.1) is 17.5 Å². The minimum Gasteiger partial charge on any atom is -0.462 e. The van der Waals surface area contributed by atoms with Gasteiger partial charge in [-0.1, -0.05) is 15.9 Å². The number of rotatable bonds is 10. The molecule has 0 aliphatic rings. The summed E-state index contributed by atoms with van der Waals surface area (Å²) in [6, 6.07) is 2.96. The molecule has 0 spiro atoms.